The molecule has 0 bridgehead atoms. The zero-order valence-electron chi connectivity index (χ0n) is 15.9. The lowest BCUT2D eigenvalue weighted by molar-refractivity contribution is -0.135. The molecule has 5 nitrogen and oxygen atoms in total. The van der Waals surface area contributed by atoms with Gasteiger partial charge in [0, 0.05) is 38.6 Å². The minimum absolute atomic E-state index is 0.269. The van der Waals surface area contributed by atoms with Crippen LogP contribution in [0, 0.1) is 5.92 Å². The van der Waals surface area contributed by atoms with Crippen LogP contribution in [-0.4, -0.2) is 49.5 Å². The van der Waals surface area contributed by atoms with Crippen molar-refractivity contribution in [3.8, 4) is 0 Å². The zero-order valence-corrected chi connectivity index (χ0v) is 15.9. The predicted molar refractivity (Wildman–Crippen MR) is 106 cm³/mol. The molecule has 1 aliphatic heterocycles. The summed E-state index contributed by atoms with van der Waals surface area (Å²) in [7, 11) is 1.80. The molecule has 1 amide bonds. The number of rotatable bonds is 5. The number of nitrogens with one attached hydrogen (secondary N) is 2. The second kappa shape index (κ2) is 9.60. The third-order valence-corrected chi connectivity index (χ3v) is 5.57. The molecular formula is C21H32N4O. The average molecular weight is 357 g/mol. The molecule has 5 heteroatoms. The summed E-state index contributed by atoms with van der Waals surface area (Å²) in [6.07, 6.45) is 7.84. The Bertz CT molecular complexity index is 595. The number of carbonyl (C=O) groups excluding carboxylic acids is 1. The van der Waals surface area contributed by atoms with Crippen LogP contribution in [0.1, 0.15) is 44.1 Å². The molecule has 142 valence electrons. The first-order chi connectivity index (χ1) is 12.8. The highest BCUT2D eigenvalue weighted by Gasteiger charge is 2.31. The lowest BCUT2D eigenvalue weighted by Gasteiger charge is -2.26. The second-order valence-corrected chi connectivity index (χ2v) is 7.48. The van der Waals surface area contributed by atoms with Crippen LogP contribution < -0.4 is 10.6 Å². The third-order valence-electron chi connectivity index (χ3n) is 5.57. The van der Waals surface area contributed by atoms with Gasteiger partial charge in [-0.1, -0.05) is 49.6 Å². The van der Waals surface area contributed by atoms with Crippen molar-refractivity contribution < 1.29 is 4.79 Å². The molecule has 0 radical (unpaired) electrons. The van der Waals surface area contributed by atoms with E-state index in [4.69, 9.17) is 0 Å². The van der Waals surface area contributed by atoms with Gasteiger partial charge in [-0.15, -0.1) is 0 Å². The molecule has 1 atom stereocenters. The van der Waals surface area contributed by atoms with Crippen molar-refractivity contribution in [2.45, 2.75) is 51.0 Å². The van der Waals surface area contributed by atoms with Crippen LogP contribution in [0.3, 0.4) is 0 Å². The molecule has 2 fully saturated rings. The molecule has 1 saturated carbocycles. The van der Waals surface area contributed by atoms with Gasteiger partial charge in [-0.05, 0) is 31.2 Å². The van der Waals surface area contributed by atoms with Gasteiger partial charge in [0.15, 0.2) is 5.96 Å². The number of benzene rings is 1. The van der Waals surface area contributed by atoms with Crippen LogP contribution >= 0.6 is 0 Å². The maximum absolute atomic E-state index is 12.7. The molecule has 1 heterocycles. The van der Waals surface area contributed by atoms with Crippen molar-refractivity contribution in [1.29, 1.82) is 0 Å². The first kappa shape index (κ1) is 18.7. The topological polar surface area (TPSA) is 56.7 Å². The molecule has 1 aromatic carbocycles. The van der Waals surface area contributed by atoms with E-state index in [2.05, 4.69) is 44.8 Å². The van der Waals surface area contributed by atoms with Crippen LogP contribution in [0.25, 0.3) is 0 Å². The van der Waals surface area contributed by atoms with E-state index in [9.17, 15) is 4.79 Å². The molecule has 1 aliphatic carbocycles. The van der Waals surface area contributed by atoms with Crippen LogP contribution in [0.2, 0.25) is 0 Å². The largest absolute Gasteiger partial charge is 0.356 e. The number of carbonyl (C=O) groups is 1. The fourth-order valence-corrected chi connectivity index (χ4v) is 4.04. The Labute approximate surface area is 157 Å². The SMILES string of the molecule is CN=C(NCCc1ccccc1)NC1CCN(C(=O)C2CCCCC2)C1. The van der Waals surface area contributed by atoms with Gasteiger partial charge >= 0.3 is 0 Å². The lowest BCUT2D eigenvalue weighted by atomic mass is 9.88. The summed E-state index contributed by atoms with van der Waals surface area (Å²) in [4.78, 5) is 19.1. The molecule has 2 aliphatic rings. The average Bonchev–Trinajstić information content (AvgIpc) is 3.16. The third kappa shape index (κ3) is 5.23. The summed E-state index contributed by atoms with van der Waals surface area (Å²) >= 11 is 0. The van der Waals surface area contributed by atoms with Gasteiger partial charge in [-0.2, -0.15) is 0 Å². The highest BCUT2D eigenvalue weighted by atomic mass is 16.2. The Morgan fingerprint density at radius 2 is 1.92 bits per heavy atom. The number of hydrogen-bond donors (Lipinski definition) is 2. The van der Waals surface area contributed by atoms with E-state index < -0.39 is 0 Å². The highest BCUT2D eigenvalue weighted by molar-refractivity contribution is 5.81. The van der Waals surface area contributed by atoms with Gasteiger partial charge in [0.25, 0.3) is 0 Å². The first-order valence-corrected chi connectivity index (χ1v) is 10.1. The smallest absolute Gasteiger partial charge is 0.225 e. The molecule has 1 aromatic rings. The van der Waals surface area contributed by atoms with Gasteiger partial charge in [0.05, 0.1) is 0 Å². The van der Waals surface area contributed by atoms with Crippen molar-refractivity contribution in [2.75, 3.05) is 26.7 Å². The van der Waals surface area contributed by atoms with Crippen LogP contribution in [-0.2, 0) is 11.2 Å². The van der Waals surface area contributed by atoms with Crippen LogP contribution in [0.4, 0.5) is 0 Å². The molecule has 1 saturated heterocycles. The van der Waals surface area contributed by atoms with E-state index >= 15 is 0 Å². The maximum atomic E-state index is 12.7. The second-order valence-electron chi connectivity index (χ2n) is 7.48. The van der Waals surface area contributed by atoms with Crippen LogP contribution in [0.15, 0.2) is 35.3 Å². The Kier molecular flexibility index (Phi) is 6.92. The van der Waals surface area contributed by atoms with E-state index in [0.717, 1.165) is 51.3 Å². The molecule has 26 heavy (non-hydrogen) atoms. The highest BCUT2D eigenvalue weighted by Crippen LogP contribution is 2.26. The molecule has 0 spiro atoms. The first-order valence-electron chi connectivity index (χ1n) is 10.1. The van der Waals surface area contributed by atoms with Crippen molar-refractivity contribution in [3.63, 3.8) is 0 Å². The summed E-state index contributed by atoms with van der Waals surface area (Å²) in [5.41, 5.74) is 1.32. The Hall–Kier alpha value is -2.04. The maximum Gasteiger partial charge on any atom is 0.225 e. The van der Waals surface area contributed by atoms with Crippen molar-refractivity contribution >= 4 is 11.9 Å². The zero-order chi connectivity index (χ0) is 18.2. The summed E-state index contributed by atoms with van der Waals surface area (Å²) in [6, 6.07) is 10.8. The Morgan fingerprint density at radius 1 is 1.15 bits per heavy atom. The standard InChI is InChI=1S/C21H32N4O/c1-22-21(23-14-12-17-8-4-2-5-9-17)24-19-13-15-25(16-19)20(26)18-10-6-3-7-11-18/h2,4-5,8-9,18-19H,3,6-7,10-16H2,1H3,(H2,22,23,24). The minimum Gasteiger partial charge on any atom is -0.356 e. The van der Waals surface area contributed by atoms with Crippen molar-refractivity contribution in [2.24, 2.45) is 10.9 Å². The number of hydrogen-bond acceptors (Lipinski definition) is 2. The monoisotopic (exact) mass is 356 g/mol. The lowest BCUT2D eigenvalue weighted by Crippen LogP contribution is -2.46. The number of guanidine groups is 1. The number of amides is 1. The number of likely N-dealkylation sites (tertiary alicyclic amines) is 1. The summed E-state index contributed by atoms with van der Waals surface area (Å²) in [5, 5.41) is 6.87. The number of aliphatic imine (C=N–C) groups is 1. The summed E-state index contributed by atoms with van der Waals surface area (Å²) in [6.45, 7) is 2.52. The predicted octanol–water partition coefficient (Wildman–Crippen LogP) is 2.58. The fraction of sp³-hybridized carbons (Fsp3) is 0.619. The van der Waals surface area contributed by atoms with E-state index in [1.807, 2.05) is 6.07 Å². The van der Waals surface area contributed by atoms with Crippen molar-refractivity contribution in [3.05, 3.63) is 35.9 Å². The molecule has 0 aromatic heterocycles. The molecular weight excluding hydrogens is 324 g/mol. The van der Waals surface area contributed by atoms with E-state index in [1.165, 1.54) is 24.8 Å². The molecule has 3 rings (SSSR count). The molecule has 1 unspecified atom stereocenters. The van der Waals surface area contributed by atoms with E-state index in [-0.39, 0.29) is 5.92 Å². The Morgan fingerprint density at radius 3 is 2.65 bits per heavy atom. The van der Waals surface area contributed by atoms with Gasteiger partial charge in [-0.3, -0.25) is 9.79 Å². The fourth-order valence-electron chi connectivity index (χ4n) is 4.04. The summed E-state index contributed by atoms with van der Waals surface area (Å²) in [5.74, 6) is 1.48. The van der Waals surface area contributed by atoms with E-state index in [1.54, 1.807) is 7.05 Å². The summed E-state index contributed by atoms with van der Waals surface area (Å²) < 4.78 is 0. The molecule has 2 N–H and O–H groups in total. The quantitative estimate of drug-likeness (QED) is 0.630. The van der Waals surface area contributed by atoms with Gasteiger partial charge in [0.2, 0.25) is 5.91 Å². The normalized spacial score (nSPS) is 21.7. The minimum atomic E-state index is 0.269. The van der Waals surface area contributed by atoms with Crippen LogP contribution in [0.5, 0.6) is 0 Å². The van der Waals surface area contributed by atoms with Crippen molar-refractivity contribution in [1.82, 2.24) is 15.5 Å². The van der Waals surface area contributed by atoms with Gasteiger partial charge in [0.1, 0.15) is 0 Å². The van der Waals surface area contributed by atoms with E-state index in [0.29, 0.717) is 11.9 Å². The van der Waals surface area contributed by atoms with Gasteiger partial charge in [-0.25, -0.2) is 0 Å². The number of nitrogens with zero attached hydrogens (tertiary/aromatic N) is 2. The Balaban J connectivity index is 1.41. The van der Waals surface area contributed by atoms with Gasteiger partial charge < -0.3 is 15.5 Å².